The molecular formula is C37H44. The average molecular weight is 489 g/mol. The number of rotatable bonds is 0. The van der Waals surface area contributed by atoms with Gasteiger partial charge in [0.1, 0.15) is 0 Å². The zero-order valence-electron chi connectivity index (χ0n) is 23.9. The van der Waals surface area contributed by atoms with Crippen LogP contribution >= 0.6 is 0 Å². The smallest absolute Gasteiger partial charge is 0.0150 e. The van der Waals surface area contributed by atoms with E-state index in [0.717, 1.165) is 11.8 Å². The quantitative estimate of drug-likeness (QED) is 0.231. The predicted molar refractivity (Wildman–Crippen MR) is 161 cm³/mol. The lowest BCUT2D eigenvalue weighted by molar-refractivity contribution is 0.681. The molecule has 7 rings (SSSR count). The molecule has 192 valence electrons. The maximum Gasteiger partial charge on any atom is -0.0150 e. The molecule has 3 aliphatic carbocycles. The summed E-state index contributed by atoms with van der Waals surface area (Å²) < 4.78 is 0. The van der Waals surface area contributed by atoms with E-state index in [0.29, 0.717) is 0 Å². The molecule has 0 spiro atoms. The van der Waals surface area contributed by atoms with Crippen LogP contribution in [-0.2, 0) is 12.8 Å². The molecule has 0 aliphatic heterocycles. The van der Waals surface area contributed by atoms with Crippen molar-refractivity contribution in [3.63, 3.8) is 0 Å². The molecule has 4 aromatic carbocycles. The lowest BCUT2D eigenvalue weighted by Crippen LogP contribution is -2.05. The van der Waals surface area contributed by atoms with Crippen molar-refractivity contribution < 1.29 is 0 Å². The number of fused-ring (bicyclic) bond motifs is 7. The number of hydrogen-bond acceptors (Lipinski definition) is 0. The molecule has 2 bridgehead atoms. The zero-order chi connectivity index (χ0) is 26.1. The highest BCUT2D eigenvalue weighted by Gasteiger charge is 2.37. The van der Waals surface area contributed by atoms with Crippen LogP contribution in [0.5, 0.6) is 0 Å². The van der Waals surface area contributed by atoms with Crippen molar-refractivity contribution in [2.75, 3.05) is 0 Å². The highest BCUT2D eigenvalue weighted by atomic mass is 14.4. The van der Waals surface area contributed by atoms with Gasteiger partial charge in [0.25, 0.3) is 0 Å². The van der Waals surface area contributed by atoms with Crippen LogP contribution in [-0.4, -0.2) is 0 Å². The number of aryl methyl sites for hydroxylation is 5. The standard InChI is InChI=1S/C13H16.C12H16.C12H12/c1-8-3-6-12-10-4-5-11(7-10)13(12)9(8)2;2*1-9-7-8-11-5-3-4-6-12(11)10(9)2/h3,6,10-11H,4-5,7H2,1-2H3;7-8H,3-6H2,1-2H3;3-8H,1-2H3. The Hall–Kier alpha value is -2.86. The largest absolute Gasteiger partial charge is 0.0616 e. The predicted octanol–water partition coefficient (Wildman–Crippen LogP) is 10.3. The highest BCUT2D eigenvalue weighted by molar-refractivity contribution is 5.86. The maximum atomic E-state index is 2.38. The third kappa shape index (κ3) is 5.13. The van der Waals surface area contributed by atoms with Crippen molar-refractivity contribution in [3.05, 3.63) is 116 Å². The molecule has 37 heavy (non-hydrogen) atoms. The van der Waals surface area contributed by atoms with Crippen molar-refractivity contribution in [3.8, 4) is 0 Å². The van der Waals surface area contributed by atoms with E-state index in [-0.39, 0.29) is 0 Å². The van der Waals surface area contributed by atoms with Gasteiger partial charge in [-0.3, -0.25) is 0 Å². The van der Waals surface area contributed by atoms with E-state index in [1.165, 1.54) is 83.5 Å². The van der Waals surface area contributed by atoms with Crippen LogP contribution in [0.3, 0.4) is 0 Å². The molecule has 4 aromatic rings. The molecule has 0 amide bonds. The second-order valence-corrected chi connectivity index (χ2v) is 11.8. The van der Waals surface area contributed by atoms with E-state index in [9.17, 15) is 0 Å². The topological polar surface area (TPSA) is 0 Å². The molecule has 0 saturated heterocycles. The minimum absolute atomic E-state index is 0.916. The molecule has 0 aromatic heterocycles. The molecule has 0 radical (unpaired) electrons. The summed E-state index contributed by atoms with van der Waals surface area (Å²) in [5, 5.41) is 2.71. The van der Waals surface area contributed by atoms with E-state index in [1.807, 2.05) is 0 Å². The second-order valence-electron chi connectivity index (χ2n) is 11.8. The fraction of sp³-hybridized carbons (Fsp3) is 0.405. The van der Waals surface area contributed by atoms with Gasteiger partial charge in [0.15, 0.2) is 0 Å². The summed E-state index contributed by atoms with van der Waals surface area (Å²) in [6.07, 6.45) is 9.72. The first-order chi connectivity index (χ1) is 17.8. The van der Waals surface area contributed by atoms with E-state index >= 15 is 0 Å². The SMILES string of the molecule is Cc1ccc2c(c1C)C1CCC2C1.Cc1ccc2c(c1C)CCCC2.Cc1ccc2ccccc2c1C. The number of benzene rings is 4. The summed E-state index contributed by atoms with van der Waals surface area (Å²) in [5.74, 6) is 1.83. The van der Waals surface area contributed by atoms with Crippen LogP contribution < -0.4 is 0 Å². The van der Waals surface area contributed by atoms with Crippen LogP contribution in [0.1, 0.15) is 99.6 Å². The summed E-state index contributed by atoms with van der Waals surface area (Å²) in [7, 11) is 0. The normalized spacial score (nSPS) is 18.9. The van der Waals surface area contributed by atoms with Gasteiger partial charge in [-0.25, -0.2) is 0 Å². The summed E-state index contributed by atoms with van der Waals surface area (Å²) in [6.45, 7) is 13.3. The first kappa shape index (κ1) is 25.8. The molecule has 3 aliphatic rings. The van der Waals surface area contributed by atoms with E-state index in [2.05, 4.69) is 102 Å². The van der Waals surface area contributed by atoms with Crippen LogP contribution in [0.4, 0.5) is 0 Å². The number of hydrogen-bond donors (Lipinski definition) is 0. The van der Waals surface area contributed by atoms with Gasteiger partial charge >= 0.3 is 0 Å². The van der Waals surface area contributed by atoms with Gasteiger partial charge in [0.2, 0.25) is 0 Å². The van der Waals surface area contributed by atoms with Gasteiger partial charge in [-0.2, -0.15) is 0 Å². The van der Waals surface area contributed by atoms with Crippen LogP contribution in [0.2, 0.25) is 0 Å². The molecule has 0 heterocycles. The maximum absolute atomic E-state index is 2.38. The van der Waals surface area contributed by atoms with Crippen molar-refractivity contribution in [1.29, 1.82) is 0 Å². The first-order valence-electron chi connectivity index (χ1n) is 14.5. The Morgan fingerprint density at radius 1 is 0.568 bits per heavy atom. The van der Waals surface area contributed by atoms with Crippen molar-refractivity contribution in [2.24, 2.45) is 0 Å². The Morgan fingerprint density at radius 3 is 2.05 bits per heavy atom. The van der Waals surface area contributed by atoms with Gasteiger partial charge in [0, 0.05) is 0 Å². The van der Waals surface area contributed by atoms with E-state index in [4.69, 9.17) is 0 Å². The van der Waals surface area contributed by atoms with Gasteiger partial charge in [-0.1, -0.05) is 60.7 Å². The Balaban J connectivity index is 0.000000114. The molecule has 0 nitrogen and oxygen atoms in total. The van der Waals surface area contributed by atoms with Crippen LogP contribution in [0, 0.1) is 41.5 Å². The summed E-state index contributed by atoms with van der Waals surface area (Å²) in [5.41, 5.74) is 15.4. The summed E-state index contributed by atoms with van der Waals surface area (Å²) in [6, 6.07) is 22.1. The van der Waals surface area contributed by atoms with Crippen molar-refractivity contribution in [2.45, 2.75) is 98.3 Å². The Kier molecular flexibility index (Phi) is 7.57. The van der Waals surface area contributed by atoms with E-state index < -0.39 is 0 Å². The Bertz CT molecular complexity index is 1420. The lowest BCUT2D eigenvalue weighted by atomic mass is 9.87. The fourth-order valence-corrected chi connectivity index (χ4v) is 6.95. The average Bonchev–Trinajstić information content (AvgIpc) is 3.54. The van der Waals surface area contributed by atoms with Gasteiger partial charge in [-0.15, -0.1) is 0 Å². The minimum atomic E-state index is 0.916. The van der Waals surface area contributed by atoms with Gasteiger partial charge in [-0.05, 0) is 165 Å². The minimum Gasteiger partial charge on any atom is -0.0616 e. The second kappa shape index (κ2) is 10.9. The zero-order valence-corrected chi connectivity index (χ0v) is 23.9. The van der Waals surface area contributed by atoms with Crippen molar-refractivity contribution >= 4 is 10.8 Å². The molecule has 1 saturated carbocycles. The summed E-state index contributed by atoms with van der Waals surface area (Å²) in [4.78, 5) is 0. The lowest BCUT2D eigenvalue weighted by Gasteiger charge is -2.19. The first-order valence-corrected chi connectivity index (χ1v) is 14.5. The van der Waals surface area contributed by atoms with Crippen LogP contribution in [0.25, 0.3) is 10.8 Å². The molecule has 0 N–H and O–H groups in total. The molecule has 2 unspecified atom stereocenters. The third-order valence-corrected chi connectivity index (χ3v) is 9.66. The molecule has 0 heteroatoms. The van der Waals surface area contributed by atoms with Gasteiger partial charge < -0.3 is 0 Å². The fourth-order valence-electron chi connectivity index (χ4n) is 6.95. The van der Waals surface area contributed by atoms with Crippen LogP contribution in [0.15, 0.2) is 60.7 Å². The molecule has 1 fully saturated rings. The van der Waals surface area contributed by atoms with Gasteiger partial charge in [0.05, 0.1) is 0 Å². The molecular weight excluding hydrogens is 444 g/mol. The summed E-state index contributed by atoms with van der Waals surface area (Å²) >= 11 is 0. The Morgan fingerprint density at radius 2 is 1.22 bits per heavy atom. The molecule has 2 atom stereocenters. The third-order valence-electron chi connectivity index (χ3n) is 9.66. The highest BCUT2D eigenvalue weighted by Crippen LogP contribution is 2.54. The Labute approximate surface area is 225 Å². The van der Waals surface area contributed by atoms with Crippen molar-refractivity contribution in [1.82, 2.24) is 0 Å². The van der Waals surface area contributed by atoms with E-state index in [1.54, 1.807) is 27.8 Å². The monoisotopic (exact) mass is 488 g/mol.